The Bertz CT molecular complexity index is 961. The molecular formula is C24H23NO4. The molecule has 0 bridgehead atoms. The van der Waals surface area contributed by atoms with Gasteiger partial charge in [-0.05, 0) is 55.8 Å². The van der Waals surface area contributed by atoms with E-state index in [4.69, 9.17) is 9.47 Å². The highest BCUT2D eigenvalue weighted by Crippen LogP contribution is 2.21. The lowest BCUT2D eigenvalue weighted by molar-refractivity contribution is -0.143. The molecule has 0 aliphatic carbocycles. The molecule has 0 atom stereocenters. The minimum atomic E-state index is -0.485. The summed E-state index contributed by atoms with van der Waals surface area (Å²) in [4.78, 5) is 24.1. The number of esters is 1. The highest BCUT2D eigenvalue weighted by atomic mass is 16.5. The maximum Gasteiger partial charge on any atom is 0.325 e. The molecule has 0 radical (unpaired) electrons. The molecule has 0 fully saturated rings. The third-order valence-electron chi connectivity index (χ3n) is 4.17. The molecule has 0 unspecified atom stereocenters. The molecule has 148 valence electrons. The van der Waals surface area contributed by atoms with Gasteiger partial charge in [-0.1, -0.05) is 47.5 Å². The van der Waals surface area contributed by atoms with Gasteiger partial charge in [-0.2, -0.15) is 0 Å². The Hall–Kier alpha value is -3.60. The van der Waals surface area contributed by atoms with Crippen LogP contribution in [0.5, 0.6) is 11.5 Å². The second-order valence-electron chi connectivity index (χ2n) is 6.78. The van der Waals surface area contributed by atoms with Gasteiger partial charge in [0.05, 0.1) is 0 Å². The number of hydrogen-bond donors (Lipinski definition) is 1. The van der Waals surface area contributed by atoms with E-state index in [0.29, 0.717) is 11.3 Å². The van der Waals surface area contributed by atoms with Crippen LogP contribution in [-0.2, 0) is 16.1 Å². The van der Waals surface area contributed by atoms with Crippen molar-refractivity contribution >= 4 is 11.9 Å². The van der Waals surface area contributed by atoms with Crippen molar-refractivity contribution in [1.82, 2.24) is 5.32 Å². The number of hydrogen-bond acceptors (Lipinski definition) is 4. The van der Waals surface area contributed by atoms with Gasteiger partial charge in [-0.25, -0.2) is 0 Å². The summed E-state index contributed by atoms with van der Waals surface area (Å²) in [5.41, 5.74) is 3.59. The summed E-state index contributed by atoms with van der Waals surface area (Å²) in [5.74, 6) is 0.512. The number of carbonyl (C=O) groups is 2. The summed E-state index contributed by atoms with van der Waals surface area (Å²) in [6.45, 7) is 3.98. The van der Waals surface area contributed by atoms with Gasteiger partial charge < -0.3 is 14.8 Å². The van der Waals surface area contributed by atoms with Gasteiger partial charge in [0.2, 0.25) is 0 Å². The maximum atomic E-state index is 12.2. The van der Waals surface area contributed by atoms with E-state index in [1.165, 1.54) is 0 Å². The fourth-order valence-electron chi connectivity index (χ4n) is 2.92. The third-order valence-corrected chi connectivity index (χ3v) is 4.17. The zero-order chi connectivity index (χ0) is 20.6. The van der Waals surface area contributed by atoms with Crippen molar-refractivity contribution < 1.29 is 19.1 Å². The number of para-hydroxylation sites is 1. The second kappa shape index (κ2) is 9.55. The predicted molar refractivity (Wildman–Crippen MR) is 111 cm³/mol. The second-order valence-corrected chi connectivity index (χ2v) is 6.78. The number of amides is 1. The first kappa shape index (κ1) is 20.1. The Morgan fingerprint density at radius 3 is 2.10 bits per heavy atom. The minimum absolute atomic E-state index is 0.183. The lowest BCUT2D eigenvalue weighted by atomic mass is 10.1. The first-order chi connectivity index (χ1) is 14.0. The first-order valence-electron chi connectivity index (χ1n) is 9.33. The van der Waals surface area contributed by atoms with E-state index < -0.39 is 5.97 Å². The van der Waals surface area contributed by atoms with Gasteiger partial charge in [0.15, 0.2) is 0 Å². The van der Waals surface area contributed by atoms with E-state index in [9.17, 15) is 9.59 Å². The molecule has 0 saturated carbocycles. The van der Waals surface area contributed by atoms with E-state index in [1.54, 1.807) is 24.3 Å². The van der Waals surface area contributed by atoms with Crippen molar-refractivity contribution in [2.24, 2.45) is 0 Å². The Kier molecular flexibility index (Phi) is 6.63. The summed E-state index contributed by atoms with van der Waals surface area (Å²) in [5, 5.41) is 2.57. The van der Waals surface area contributed by atoms with E-state index >= 15 is 0 Å². The predicted octanol–water partition coefficient (Wildman–Crippen LogP) is 4.57. The van der Waals surface area contributed by atoms with E-state index in [0.717, 1.165) is 22.4 Å². The molecule has 0 spiro atoms. The standard InChI is InChI=1S/C24H23NO4/c1-17-12-18(2)14-19(13-17)16-28-23(26)15-25-24(27)20-8-10-22(11-9-20)29-21-6-4-3-5-7-21/h3-14H,15-16H2,1-2H3,(H,25,27). The third kappa shape index (κ3) is 6.21. The number of nitrogens with one attached hydrogen (secondary N) is 1. The fraction of sp³-hybridized carbons (Fsp3) is 0.167. The average Bonchev–Trinajstić information content (AvgIpc) is 2.71. The Labute approximate surface area is 170 Å². The Morgan fingerprint density at radius 2 is 1.45 bits per heavy atom. The van der Waals surface area contributed by atoms with Crippen LogP contribution in [0.4, 0.5) is 0 Å². The first-order valence-corrected chi connectivity index (χ1v) is 9.33. The fourth-order valence-corrected chi connectivity index (χ4v) is 2.92. The molecule has 0 saturated heterocycles. The summed E-state index contributed by atoms with van der Waals surface area (Å²) in [6.07, 6.45) is 0. The monoisotopic (exact) mass is 389 g/mol. The maximum absolute atomic E-state index is 12.2. The van der Waals surface area contributed by atoms with Gasteiger partial charge in [0.1, 0.15) is 24.7 Å². The molecule has 3 aromatic carbocycles. The van der Waals surface area contributed by atoms with Crippen molar-refractivity contribution in [1.29, 1.82) is 0 Å². The molecule has 5 heteroatoms. The number of carbonyl (C=O) groups excluding carboxylic acids is 2. The zero-order valence-electron chi connectivity index (χ0n) is 16.5. The molecule has 0 aliphatic heterocycles. The molecule has 0 aliphatic rings. The zero-order valence-corrected chi connectivity index (χ0v) is 16.5. The van der Waals surface area contributed by atoms with Crippen LogP contribution < -0.4 is 10.1 Å². The van der Waals surface area contributed by atoms with Crippen molar-refractivity contribution in [2.45, 2.75) is 20.5 Å². The molecule has 1 amide bonds. The van der Waals surface area contributed by atoms with E-state index in [2.05, 4.69) is 11.4 Å². The van der Waals surface area contributed by atoms with Crippen molar-refractivity contribution in [3.8, 4) is 11.5 Å². The van der Waals surface area contributed by atoms with Crippen LogP contribution in [0.25, 0.3) is 0 Å². The highest BCUT2D eigenvalue weighted by molar-refractivity contribution is 5.96. The largest absolute Gasteiger partial charge is 0.460 e. The van der Waals surface area contributed by atoms with E-state index in [-0.39, 0.29) is 19.1 Å². The summed E-state index contributed by atoms with van der Waals surface area (Å²) in [7, 11) is 0. The van der Waals surface area contributed by atoms with Gasteiger partial charge in [-0.15, -0.1) is 0 Å². The number of rotatable bonds is 7. The summed E-state index contributed by atoms with van der Waals surface area (Å²) in [6, 6.07) is 22.1. The normalized spacial score (nSPS) is 10.3. The van der Waals surface area contributed by atoms with Crippen LogP contribution in [0.2, 0.25) is 0 Å². The van der Waals surface area contributed by atoms with Crippen LogP contribution in [0.3, 0.4) is 0 Å². The average molecular weight is 389 g/mol. The molecule has 1 N–H and O–H groups in total. The lowest BCUT2D eigenvalue weighted by Gasteiger charge is -2.09. The SMILES string of the molecule is Cc1cc(C)cc(COC(=O)CNC(=O)c2ccc(Oc3ccccc3)cc2)c1. The van der Waals surface area contributed by atoms with E-state index in [1.807, 2.05) is 56.3 Å². The van der Waals surface area contributed by atoms with Crippen molar-refractivity contribution in [3.05, 3.63) is 95.1 Å². The number of aryl methyl sites for hydroxylation is 2. The van der Waals surface area contributed by atoms with Crippen LogP contribution >= 0.6 is 0 Å². The van der Waals surface area contributed by atoms with Gasteiger partial charge in [-0.3, -0.25) is 9.59 Å². The highest BCUT2D eigenvalue weighted by Gasteiger charge is 2.10. The van der Waals surface area contributed by atoms with Crippen LogP contribution in [0.1, 0.15) is 27.0 Å². The quantitative estimate of drug-likeness (QED) is 0.601. The Balaban J connectivity index is 1.46. The van der Waals surface area contributed by atoms with Gasteiger partial charge >= 0.3 is 5.97 Å². The van der Waals surface area contributed by atoms with Gasteiger partial charge in [0, 0.05) is 5.56 Å². The number of ether oxygens (including phenoxy) is 2. The molecule has 5 nitrogen and oxygen atoms in total. The van der Waals surface area contributed by atoms with Crippen LogP contribution in [0, 0.1) is 13.8 Å². The smallest absolute Gasteiger partial charge is 0.325 e. The molecule has 3 aromatic rings. The molecular weight excluding hydrogens is 366 g/mol. The molecule has 0 heterocycles. The molecule has 3 rings (SSSR count). The van der Waals surface area contributed by atoms with Crippen molar-refractivity contribution in [3.63, 3.8) is 0 Å². The number of benzene rings is 3. The van der Waals surface area contributed by atoms with Crippen LogP contribution in [-0.4, -0.2) is 18.4 Å². The van der Waals surface area contributed by atoms with Gasteiger partial charge in [0.25, 0.3) is 5.91 Å². The minimum Gasteiger partial charge on any atom is -0.460 e. The molecule has 29 heavy (non-hydrogen) atoms. The molecule has 0 aromatic heterocycles. The lowest BCUT2D eigenvalue weighted by Crippen LogP contribution is -2.30. The van der Waals surface area contributed by atoms with Crippen LogP contribution in [0.15, 0.2) is 72.8 Å². The summed E-state index contributed by atoms with van der Waals surface area (Å²) < 4.78 is 10.9. The van der Waals surface area contributed by atoms with Crippen molar-refractivity contribution in [2.75, 3.05) is 6.54 Å². The topological polar surface area (TPSA) is 64.6 Å². The Morgan fingerprint density at radius 1 is 0.828 bits per heavy atom. The summed E-state index contributed by atoms with van der Waals surface area (Å²) >= 11 is 0.